The van der Waals surface area contributed by atoms with E-state index in [4.69, 9.17) is 4.74 Å². The molecule has 1 aromatic heterocycles. The minimum atomic E-state index is -0.249. The van der Waals surface area contributed by atoms with Crippen molar-refractivity contribution in [2.45, 2.75) is 11.6 Å². The number of fused-ring (bicyclic) bond motifs is 1. The molecule has 3 amide bonds. The van der Waals surface area contributed by atoms with Crippen LogP contribution in [-0.2, 0) is 6.54 Å². The maximum Gasteiger partial charge on any atom is 0.326 e. The number of carbonyl (C=O) groups is 2. The number of carbonyl (C=O) groups excluding carboxylic acids is 2. The molecule has 3 aromatic rings. The van der Waals surface area contributed by atoms with Crippen LogP contribution in [0.5, 0.6) is 5.75 Å². The molecule has 0 saturated heterocycles. The van der Waals surface area contributed by atoms with Gasteiger partial charge in [0, 0.05) is 41.9 Å². The molecule has 0 radical (unpaired) electrons. The molecule has 1 aliphatic heterocycles. The second-order valence-corrected chi connectivity index (χ2v) is 7.92. The second kappa shape index (κ2) is 9.53. The smallest absolute Gasteiger partial charge is 0.326 e. The maximum absolute atomic E-state index is 12.9. The summed E-state index contributed by atoms with van der Waals surface area (Å²) in [5.41, 5.74) is 2.70. The van der Waals surface area contributed by atoms with Crippen LogP contribution < -0.4 is 20.3 Å². The number of hydrogen-bond donors (Lipinski definition) is 2. The molecular formula is C23H22N4O3S. The number of methoxy groups -OCH3 is 1. The first-order valence-electron chi connectivity index (χ1n) is 9.82. The quantitative estimate of drug-likeness (QED) is 0.630. The highest BCUT2D eigenvalue weighted by molar-refractivity contribution is 7.99. The van der Waals surface area contributed by atoms with Crippen molar-refractivity contribution in [1.29, 1.82) is 0 Å². The van der Waals surface area contributed by atoms with Crippen LogP contribution in [-0.4, -0.2) is 36.3 Å². The summed E-state index contributed by atoms with van der Waals surface area (Å²) < 4.78 is 5.32. The second-order valence-electron chi connectivity index (χ2n) is 6.83. The Bertz CT molecular complexity index is 1110. The summed E-state index contributed by atoms with van der Waals surface area (Å²) in [6.45, 7) is 0.933. The molecule has 0 spiro atoms. The van der Waals surface area contributed by atoms with Gasteiger partial charge in [-0.05, 0) is 36.4 Å². The van der Waals surface area contributed by atoms with Gasteiger partial charge in [-0.3, -0.25) is 9.69 Å². The van der Waals surface area contributed by atoms with Crippen LogP contribution in [0, 0.1) is 0 Å². The molecule has 2 N–H and O–H groups in total. The topological polar surface area (TPSA) is 83.6 Å². The lowest BCUT2D eigenvalue weighted by Crippen LogP contribution is -2.38. The summed E-state index contributed by atoms with van der Waals surface area (Å²) in [4.78, 5) is 31.5. The van der Waals surface area contributed by atoms with Gasteiger partial charge in [-0.15, -0.1) is 11.8 Å². The molecular weight excluding hydrogens is 412 g/mol. The first-order chi connectivity index (χ1) is 15.2. The number of urea groups is 1. The molecule has 31 heavy (non-hydrogen) atoms. The van der Waals surface area contributed by atoms with Crippen molar-refractivity contribution in [2.75, 3.05) is 29.6 Å². The van der Waals surface area contributed by atoms with Gasteiger partial charge < -0.3 is 15.4 Å². The minimum absolute atomic E-state index is 0.231. The summed E-state index contributed by atoms with van der Waals surface area (Å²) in [6, 6.07) is 17.9. The molecule has 2 aromatic carbocycles. The molecule has 158 valence electrons. The summed E-state index contributed by atoms with van der Waals surface area (Å²) in [6.07, 6.45) is 1.72. The SMILES string of the molecule is COc1ccccc1CNC(=O)c1cccc(NC(=O)N2CCSc3ncccc32)c1. The third-order valence-electron chi connectivity index (χ3n) is 4.85. The van der Waals surface area contributed by atoms with Crippen LogP contribution in [0.4, 0.5) is 16.2 Å². The average molecular weight is 435 g/mol. The van der Waals surface area contributed by atoms with Crippen LogP contribution in [0.3, 0.4) is 0 Å². The van der Waals surface area contributed by atoms with Crippen molar-refractivity contribution < 1.29 is 14.3 Å². The molecule has 0 unspecified atom stereocenters. The molecule has 2 heterocycles. The highest BCUT2D eigenvalue weighted by atomic mass is 32.2. The van der Waals surface area contributed by atoms with E-state index in [1.54, 1.807) is 54.2 Å². The van der Waals surface area contributed by atoms with Crippen molar-refractivity contribution >= 4 is 35.1 Å². The number of para-hydroxylation sites is 1. The number of pyridine rings is 1. The fourth-order valence-corrected chi connectivity index (χ4v) is 4.25. The van der Waals surface area contributed by atoms with E-state index in [0.717, 1.165) is 27.8 Å². The summed E-state index contributed by atoms with van der Waals surface area (Å²) in [5, 5.41) is 6.62. The zero-order chi connectivity index (χ0) is 21.6. The van der Waals surface area contributed by atoms with Crippen molar-refractivity contribution in [3.05, 3.63) is 78.0 Å². The van der Waals surface area contributed by atoms with Crippen LogP contribution >= 0.6 is 11.8 Å². The Morgan fingerprint density at radius 2 is 2.00 bits per heavy atom. The largest absolute Gasteiger partial charge is 0.496 e. The number of nitrogens with one attached hydrogen (secondary N) is 2. The van der Waals surface area contributed by atoms with E-state index in [0.29, 0.717) is 24.3 Å². The highest BCUT2D eigenvalue weighted by Gasteiger charge is 2.23. The zero-order valence-electron chi connectivity index (χ0n) is 17.0. The Balaban J connectivity index is 1.42. The first-order valence-corrected chi connectivity index (χ1v) is 10.8. The Labute approximate surface area is 184 Å². The molecule has 0 aliphatic carbocycles. The lowest BCUT2D eigenvalue weighted by Gasteiger charge is -2.28. The average Bonchev–Trinajstić information content (AvgIpc) is 2.82. The molecule has 0 bridgehead atoms. The fraction of sp³-hybridized carbons (Fsp3) is 0.174. The van der Waals surface area contributed by atoms with Gasteiger partial charge >= 0.3 is 6.03 Å². The maximum atomic E-state index is 12.9. The van der Waals surface area contributed by atoms with Crippen molar-refractivity contribution in [3.63, 3.8) is 0 Å². The number of amides is 3. The molecule has 0 atom stereocenters. The number of aromatic nitrogens is 1. The van der Waals surface area contributed by atoms with Crippen LogP contribution in [0.2, 0.25) is 0 Å². The van der Waals surface area contributed by atoms with E-state index in [9.17, 15) is 9.59 Å². The summed E-state index contributed by atoms with van der Waals surface area (Å²) >= 11 is 1.63. The molecule has 8 heteroatoms. The number of ether oxygens (including phenoxy) is 1. The van der Waals surface area contributed by atoms with E-state index in [1.807, 2.05) is 36.4 Å². The van der Waals surface area contributed by atoms with E-state index in [-0.39, 0.29) is 11.9 Å². The Morgan fingerprint density at radius 1 is 1.13 bits per heavy atom. The third-order valence-corrected chi connectivity index (χ3v) is 5.82. The van der Waals surface area contributed by atoms with E-state index < -0.39 is 0 Å². The predicted octanol–water partition coefficient (Wildman–Crippen LogP) is 4.16. The molecule has 7 nitrogen and oxygen atoms in total. The first kappa shape index (κ1) is 20.7. The van der Waals surface area contributed by atoms with E-state index in [1.165, 1.54) is 0 Å². The lowest BCUT2D eigenvalue weighted by molar-refractivity contribution is 0.0950. The van der Waals surface area contributed by atoms with Crippen LogP contribution in [0.1, 0.15) is 15.9 Å². The fourth-order valence-electron chi connectivity index (χ4n) is 3.32. The van der Waals surface area contributed by atoms with Crippen molar-refractivity contribution in [3.8, 4) is 5.75 Å². The van der Waals surface area contributed by atoms with Gasteiger partial charge in [0.15, 0.2) is 0 Å². The van der Waals surface area contributed by atoms with Gasteiger partial charge in [0.25, 0.3) is 5.91 Å². The molecule has 4 rings (SSSR count). The Hall–Kier alpha value is -3.52. The third kappa shape index (κ3) is 4.80. The van der Waals surface area contributed by atoms with Gasteiger partial charge in [0.1, 0.15) is 10.8 Å². The highest BCUT2D eigenvalue weighted by Crippen LogP contribution is 2.32. The number of nitrogens with zero attached hydrogens (tertiary/aromatic N) is 2. The molecule has 0 saturated carbocycles. The monoisotopic (exact) mass is 434 g/mol. The van der Waals surface area contributed by atoms with Gasteiger partial charge in [-0.2, -0.15) is 0 Å². The predicted molar refractivity (Wildman–Crippen MR) is 122 cm³/mol. The zero-order valence-corrected chi connectivity index (χ0v) is 17.8. The van der Waals surface area contributed by atoms with Gasteiger partial charge in [-0.1, -0.05) is 24.3 Å². The van der Waals surface area contributed by atoms with Crippen LogP contribution in [0.25, 0.3) is 0 Å². The Morgan fingerprint density at radius 3 is 2.87 bits per heavy atom. The normalized spacial score (nSPS) is 12.6. The van der Waals surface area contributed by atoms with E-state index in [2.05, 4.69) is 15.6 Å². The number of hydrogen-bond acceptors (Lipinski definition) is 5. The van der Waals surface area contributed by atoms with Gasteiger partial charge in [0.2, 0.25) is 0 Å². The van der Waals surface area contributed by atoms with Crippen molar-refractivity contribution in [2.24, 2.45) is 0 Å². The molecule has 1 aliphatic rings. The van der Waals surface area contributed by atoms with Crippen molar-refractivity contribution in [1.82, 2.24) is 10.3 Å². The van der Waals surface area contributed by atoms with Crippen LogP contribution in [0.15, 0.2) is 71.9 Å². The van der Waals surface area contributed by atoms with Gasteiger partial charge in [0.05, 0.1) is 12.8 Å². The van der Waals surface area contributed by atoms with Gasteiger partial charge in [-0.25, -0.2) is 9.78 Å². The Kier molecular flexibility index (Phi) is 6.37. The van der Waals surface area contributed by atoms with E-state index >= 15 is 0 Å². The lowest BCUT2D eigenvalue weighted by atomic mass is 10.1. The molecule has 0 fully saturated rings. The summed E-state index contributed by atoms with van der Waals surface area (Å²) in [7, 11) is 1.60. The number of benzene rings is 2. The standard InChI is InChI=1S/C23H22N4O3S/c1-30-20-10-3-2-6-17(20)15-25-21(28)16-7-4-8-18(14-16)26-23(29)27-12-13-31-22-19(27)9-5-11-24-22/h2-11,14H,12-13,15H2,1H3,(H,25,28)(H,26,29). The minimum Gasteiger partial charge on any atom is -0.496 e. The number of anilines is 2. The number of thioether (sulfide) groups is 1. The number of rotatable bonds is 5. The summed E-state index contributed by atoms with van der Waals surface area (Å²) in [5.74, 6) is 1.27.